The molecular formula is C14H21N5O2. The maximum atomic E-state index is 11.8. The number of aryl methyl sites for hydroxylation is 2. The van der Waals surface area contributed by atoms with E-state index in [1.54, 1.807) is 24.1 Å². The van der Waals surface area contributed by atoms with E-state index in [4.69, 9.17) is 4.52 Å². The maximum absolute atomic E-state index is 11.8. The molecule has 0 bridgehead atoms. The summed E-state index contributed by atoms with van der Waals surface area (Å²) < 4.78 is 6.83. The van der Waals surface area contributed by atoms with E-state index >= 15 is 0 Å². The molecule has 2 aromatic rings. The molecule has 0 aliphatic rings. The Kier molecular flexibility index (Phi) is 4.40. The van der Waals surface area contributed by atoms with Crippen molar-refractivity contribution in [3.63, 3.8) is 0 Å². The zero-order valence-corrected chi connectivity index (χ0v) is 12.9. The number of nitrogens with zero attached hydrogens (tertiary/aromatic N) is 4. The van der Waals surface area contributed by atoms with Gasteiger partial charge in [0.25, 0.3) is 0 Å². The molecule has 7 nitrogen and oxygen atoms in total. The highest BCUT2D eigenvalue weighted by atomic mass is 16.5. The Labute approximate surface area is 123 Å². The van der Waals surface area contributed by atoms with Crippen LogP contribution in [0.4, 0.5) is 5.69 Å². The SMILES string of the molecule is Cn1cc(NC(=O)CCCc2nc(C(C)(C)C)no2)cn1. The quantitative estimate of drug-likeness (QED) is 0.911. The first kappa shape index (κ1) is 15.2. The molecule has 0 saturated heterocycles. The number of amides is 1. The molecule has 0 aliphatic heterocycles. The highest BCUT2D eigenvalue weighted by Crippen LogP contribution is 2.19. The molecule has 0 aliphatic carbocycles. The minimum absolute atomic E-state index is 0.0430. The summed E-state index contributed by atoms with van der Waals surface area (Å²) in [5.41, 5.74) is 0.578. The number of carbonyl (C=O) groups excluding carboxylic acids is 1. The van der Waals surface area contributed by atoms with E-state index in [0.29, 0.717) is 36.7 Å². The molecule has 0 aromatic carbocycles. The van der Waals surface area contributed by atoms with Crippen molar-refractivity contribution in [3.8, 4) is 0 Å². The van der Waals surface area contributed by atoms with Gasteiger partial charge in [-0.2, -0.15) is 10.1 Å². The van der Waals surface area contributed by atoms with Crippen LogP contribution in [0.3, 0.4) is 0 Å². The summed E-state index contributed by atoms with van der Waals surface area (Å²) in [5.74, 6) is 1.23. The molecule has 21 heavy (non-hydrogen) atoms. The van der Waals surface area contributed by atoms with Crippen molar-refractivity contribution < 1.29 is 9.32 Å². The van der Waals surface area contributed by atoms with Crippen molar-refractivity contribution in [1.82, 2.24) is 19.9 Å². The van der Waals surface area contributed by atoms with Crippen LogP contribution in [0.2, 0.25) is 0 Å². The van der Waals surface area contributed by atoms with Crippen molar-refractivity contribution in [2.75, 3.05) is 5.32 Å². The van der Waals surface area contributed by atoms with E-state index in [9.17, 15) is 4.79 Å². The van der Waals surface area contributed by atoms with Gasteiger partial charge in [0.15, 0.2) is 5.82 Å². The monoisotopic (exact) mass is 291 g/mol. The molecule has 1 N–H and O–H groups in total. The number of nitrogens with one attached hydrogen (secondary N) is 1. The minimum Gasteiger partial charge on any atom is -0.339 e. The number of hydrogen-bond acceptors (Lipinski definition) is 5. The van der Waals surface area contributed by atoms with Crippen LogP contribution in [0, 0.1) is 0 Å². The molecule has 0 fully saturated rings. The Balaban J connectivity index is 1.76. The van der Waals surface area contributed by atoms with Gasteiger partial charge in [0, 0.05) is 31.5 Å². The average molecular weight is 291 g/mol. The predicted molar refractivity (Wildman–Crippen MR) is 77.8 cm³/mol. The number of hydrogen-bond donors (Lipinski definition) is 1. The van der Waals surface area contributed by atoms with Crippen LogP contribution in [0.1, 0.15) is 45.3 Å². The fourth-order valence-corrected chi connectivity index (χ4v) is 1.77. The molecule has 0 radical (unpaired) electrons. The summed E-state index contributed by atoms with van der Waals surface area (Å²) in [7, 11) is 1.80. The lowest BCUT2D eigenvalue weighted by molar-refractivity contribution is -0.116. The molecule has 7 heteroatoms. The first-order chi connectivity index (χ1) is 9.84. The van der Waals surface area contributed by atoms with E-state index in [1.807, 2.05) is 20.8 Å². The summed E-state index contributed by atoms with van der Waals surface area (Å²) in [6.07, 6.45) is 5.04. The van der Waals surface area contributed by atoms with Gasteiger partial charge >= 0.3 is 0 Å². The first-order valence-electron chi connectivity index (χ1n) is 6.96. The molecular weight excluding hydrogens is 270 g/mol. The van der Waals surface area contributed by atoms with Crippen LogP contribution in [-0.4, -0.2) is 25.8 Å². The maximum Gasteiger partial charge on any atom is 0.226 e. The van der Waals surface area contributed by atoms with Gasteiger partial charge in [-0.1, -0.05) is 25.9 Å². The van der Waals surface area contributed by atoms with Crippen molar-refractivity contribution >= 4 is 11.6 Å². The van der Waals surface area contributed by atoms with Crippen molar-refractivity contribution in [2.24, 2.45) is 7.05 Å². The van der Waals surface area contributed by atoms with E-state index in [-0.39, 0.29) is 11.3 Å². The summed E-state index contributed by atoms with van der Waals surface area (Å²) in [4.78, 5) is 16.1. The second-order valence-electron chi connectivity index (χ2n) is 6.07. The van der Waals surface area contributed by atoms with E-state index in [0.717, 1.165) is 0 Å². The van der Waals surface area contributed by atoms with Gasteiger partial charge in [0.1, 0.15) is 0 Å². The van der Waals surface area contributed by atoms with Gasteiger partial charge in [-0.25, -0.2) is 0 Å². The van der Waals surface area contributed by atoms with E-state index in [1.165, 1.54) is 0 Å². The van der Waals surface area contributed by atoms with Crippen LogP contribution in [-0.2, 0) is 23.7 Å². The summed E-state index contributed by atoms with van der Waals surface area (Å²) in [6.45, 7) is 6.09. The first-order valence-corrected chi connectivity index (χ1v) is 6.96. The second kappa shape index (κ2) is 6.07. The fraction of sp³-hybridized carbons (Fsp3) is 0.571. The molecule has 0 spiro atoms. The highest BCUT2D eigenvalue weighted by Gasteiger charge is 2.20. The van der Waals surface area contributed by atoms with Crippen molar-refractivity contribution in [1.29, 1.82) is 0 Å². The smallest absolute Gasteiger partial charge is 0.226 e. The van der Waals surface area contributed by atoms with Crippen molar-refractivity contribution in [2.45, 2.75) is 45.4 Å². The van der Waals surface area contributed by atoms with Crippen LogP contribution in [0.15, 0.2) is 16.9 Å². The third-order valence-corrected chi connectivity index (χ3v) is 2.92. The number of anilines is 1. The normalized spacial score (nSPS) is 11.6. The molecule has 2 rings (SSSR count). The molecule has 0 atom stereocenters. The number of carbonyl (C=O) groups is 1. The minimum atomic E-state index is -0.126. The highest BCUT2D eigenvalue weighted by molar-refractivity contribution is 5.90. The summed E-state index contributed by atoms with van der Waals surface area (Å²) in [5, 5.41) is 10.7. The van der Waals surface area contributed by atoms with Crippen LogP contribution >= 0.6 is 0 Å². The Hall–Kier alpha value is -2.18. The standard InChI is InChI=1S/C14H21N5O2/c1-14(2,3)13-17-12(21-18-13)7-5-6-11(20)16-10-8-15-19(4)9-10/h8-9H,5-7H2,1-4H3,(H,16,20). The van der Waals surface area contributed by atoms with Crippen LogP contribution in [0.25, 0.3) is 0 Å². The number of rotatable bonds is 5. The van der Waals surface area contributed by atoms with Crippen LogP contribution < -0.4 is 5.32 Å². The van der Waals surface area contributed by atoms with Gasteiger partial charge < -0.3 is 9.84 Å². The summed E-state index contributed by atoms with van der Waals surface area (Å²) >= 11 is 0. The second-order valence-corrected chi connectivity index (χ2v) is 6.07. The Bertz CT molecular complexity index is 609. The van der Waals surface area contributed by atoms with Gasteiger partial charge in [-0.3, -0.25) is 9.48 Å². The molecule has 1 amide bonds. The molecule has 0 unspecified atom stereocenters. The average Bonchev–Trinajstić information content (AvgIpc) is 2.98. The lowest BCUT2D eigenvalue weighted by Crippen LogP contribution is -2.13. The lowest BCUT2D eigenvalue weighted by Gasteiger charge is -2.10. The zero-order valence-electron chi connectivity index (χ0n) is 12.9. The molecule has 2 aromatic heterocycles. The van der Waals surface area contributed by atoms with Gasteiger partial charge in [0.2, 0.25) is 11.8 Å². The van der Waals surface area contributed by atoms with Crippen molar-refractivity contribution in [3.05, 3.63) is 24.1 Å². The largest absolute Gasteiger partial charge is 0.339 e. The molecule has 0 saturated carbocycles. The third kappa shape index (κ3) is 4.40. The zero-order chi connectivity index (χ0) is 15.5. The number of aromatic nitrogens is 4. The Morgan fingerprint density at radius 2 is 2.19 bits per heavy atom. The Morgan fingerprint density at radius 1 is 1.43 bits per heavy atom. The topological polar surface area (TPSA) is 85.8 Å². The predicted octanol–water partition coefficient (Wildman–Crippen LogP) is 2.06. The van der Waals surface area contributed by atoms with Crippen LogP contribution in [0.5, 0.6) is 0 Å². The van der Waals surface area contributed by atoms with Gasteiger partial charge in [-0.05, 0) is 6.42 Å². The lowest BCUT2D eigenvalue weighted by atomic mass is 9.96. The van der Waals surface area contributed by atoms with Gasteiger partial charge in [-0.15, -0.1) is 0 Å². The van der Waals surface area contributed by atoms with E-state index in [2.05, 4.69) is 20.6 Å². The molecule has 2 heterocycles. The molecule has 114 valence electrons. The van der Waals surface area contributed by atoms with E-state index < -0.39 is 0 Å². The summed E-state index contributed by atoms with van der Waals surface area (Å²) in [6, 6.07) is 0. The van der Waals surface area contributed by atoms with Gasteiger partial charge in [0.05, 0.1) is 11.9 Å². The fourth-order valence-electron chi connectivity index (χ4n) is 1.77. The third-order valence-electron chi connectivity index (χ3n) is 2.92. The Morgan fingerprint density at radius 3 is 2.76 bits per heavy atom.